The van der Waals surface area contributed by atoms with E-state index >= 15 is 0 Å². The van der Waals surface area contributed by atoms with Crippen molar-refractivity contribution in [2.45, 2.75) is 33.8 Å². The Hall–Kier alpha value is -4.28. The lowest BCUT2D eigenvalue weighted by molar-refractivity contribution is -0.141. The molecular weight excluding hydrogens is 526 g/mol. The average molecular weight is 568 g/mol. The summed E-state index contributed by atoms with van der Waals surface area (Å²) in [4.78, 5) is 49.9. The number of nitrogen functional groups attached to an aromatic ring is 1. The van der Waals surface area contributed by atoms with Gasteiger partial charge in [-0.05, 0) is 40.1 Å². The van der Waals surface area contributed by atoms with Gasteiger partial charge in [0.15, 0.2) is 11.6 Å². The molecule has 0 aliphatic heterocycles. The molecular formula is C31H41N3O7. The molecule has 2 aromatic rings. The van der Waals surface area contributed by atoms with E-state index in [4.69, 9.17) is 15.2 Å². The van der Waals surface area contributed by atoms with E-state index < -0.39 is 12.1 Å². The van der Waals surface area contributed by atoms with Crippen LogP contribution in [0.25, 0.3) is 0 Å². The highest BCUT2D eigenvalue weighted by Gasteiger charge is 2.33. The highest BCUT2D eigenvalue weighted by molar-refractivity contribution is 6.31. The predicted molar refractivity (Wildman–Crippen MR) is 160 cm³/mol. The first-order chi connectivity index (χ1) is 19.3. The minimum Gasteiger partial charge on any atom is -0.461 e. The van der Waals surface area contributed by atoms with Gasteiger partial charge in [-0.15, -0.1) is 0 Å². The fourth-order valence-corrected chi connectivity index (χ4v) is 3.42. The van der Waals surface area contributed by atoms with Gasteiger partial charge in [0.1, 0.15) is 19.3 Å². The monoisotopic (exact) mass is 567 g/mol. The molecule has 1 atom stereocenters. The Balaban J connectivity index is 0.000000547. The molecule has 0 amide bonds. The van der Waals surface area contributed by atoms with E-state index in [0.717, 1.165) is 6.54 Å². The first-order valence-electron chi connectivity index (χ1n) is 13.2. The molecule has 0 saturated heterocycles. The zero-order valence-corrected chi connectivity index (χ0v) is 24.7. The van der Waals surface area contributed by atoms with Crippen LogP contribution in [0.2, 0.25) is 0 Å². The van der Waals surface area contributed by atoms with E-state index in [0.29, 0.717) is 29.0 Å². The second kappa shape index (κ2) is 16.7. The van der Waals surface area contributed by atoms with E-state index in [1.807, 2.05) is 32.8 Å². The van der Waals surface area contributed by atoms with E-state index in [1.54, 1.807) is 37.3 Å². The Morgan fingerprint density at radius 3 is 1.95 bits per heavy atom. The number of ether oxygens (including phenoxy) is 2. The molecule has 41 heavy (non-hydrogen) atoms. The van der Waals surface area contributed by atoms with Crippen LogP contribution in [-0.4, -0.2) is 80.0 Å². The maximum Gasteiger partial charge on any atom is 0.333 e. The molecule has 4 N–H and O–H groups in total. The maximum absolute atomic E-state index is 13.0. The number of ketones is 2. The van der Waals surface area contributed by atoms with Gasteiger partial charge in [0.25, 0.3) is 0 Å². The van der Waals surface area contributed by atoms with Gasteiger partial charge in [-0.3, -0.25) is 9.59 Å². The summed E-state index contributed by atoms with van der Waals surface area (Å²) in [6.07, 6.45) is -1.02. The van der Waals surface area contributed by atoms with Gasteiger partial charge in [-0.2, -0.15) is 0 Å². The third-order valence-corrected chi connectivity index (χ3v) is 5.51. The number of carbonyl (C=O) groups excluding carboxylic acids is 4. The van der Waals surface area contributed by atoms with Crippen molar-refractivity contribution >= 4 is 34.9 Å². The highest BCUT2D eigenvalue weighted by atomic mass is 16.5. The van der Waals surface area contributed by atoms with E-state index in [-0.39, 0.29) is 53.1 Å². The van der Waals surface area contributed by atoms with Gasteiger partial charge >= 0.3 is 11.9 Å². The first kappa shape index (κ1) is 34.7. The number of nitrogens with zero attached hydrogens (tertiary/aromatic N) is 1. The van der Waals surface area contributed by atoms with Crippen molar-refractivity contribution < 1.29 is 33.8 Å². The molecule has 10 heteroatoms. The second-order valence-electron chi connectivity index (χ2n) is 9.29. The van der Waals surface area contributed by atoms with Gasteiger partial charge < -0.3 is 30.5 Å². The van der Waals surface area contributed by atoms with E-state index in [1.165, 1.54) is 13.0 Å². The van der Waals surface area contributed by atoms with Gasteiger partial charge in [-0.25, -0.2) is 9.59 Å². The molecule has 1 unspecified atom stereocenters. The summed E-state index contributed by atoms with van der Waals surface area (Å²) in [5.74, 6) is -1.54. The Morgan fingerprint density at radius 2 is 1.44 bits per heavy atom. The van der Waals surface area contributed by atoms with Gasteiger partial charge in [0.05, 0.1) is 11.1 Å². The molecule has 0 heterocycles. The van der Waals surface area contributed by atoms with E-state index in [9.17, 15) is 24.3 Å². The third kappa shape index (κ3) is 10.0. The Kier molecular flexibility index (Phi) is 14.2. The summed E-state index contributed by atoms with van der Waals surface area (Å²) in [5.41, 5.74) is 8.19. The number of hydrogen-bond acceptors (Lipinski definition) is 10. The molecule has 0 saturated carbocycles. The van der Waals surface area contributed by atoms with Crippen LogP contribution in [-0.2, 0) is 19.1 Å². The number of anilines is 2. The molecule has 0 radical (unpaired) electrons. The van der Waals surface area contributed by atoms with E-state index in [2.05, 4.69) is 18.5 Å². The molecule has 0 aromatic heterocycles. The topological polar surface area (TPSA) is 148 Å². The van der Waals surface area contributed by atoms with Crippen molar-refractivity contribution in [3.8, 4) is 0 Å². The highest BCUT2D eigenvalue weighted by Crippen LogP contribution is 2.35. The number of aliphatic hydroxyl groups excluding tert-OH is 1. The molecule has 2 aromatic carbocycles. The average Bonchev–Trinajstić information content (AvgIpc) is 2.94. The van der Waals surface area contributed by atoms with Crippen molar-refractivity contribution in [1.29, 1.82) is 0 Å². The lowest BCUT2D eigenvalue weighted by Gasteiger charge is -2.23. The minimum atomic E-state index is -1.02. The summed E-state index contributed by atoms with van der Waals surface area (Å²) in [6, 6.07) is 9.69. The number of nitrogens with one attached hydrogen (secondary N) is 1. The van der Waals surface area contributed by atoms with Gasteiger partial charge in [0, 0.05) is 46.7 Å². The Morgan fingerprint density at radius 1 is 0.927 bits per heavy atom. The molecule has 1 aliphatic carbocycles. The molecule has 0 spiro atoms. The first-order valence-corrected chi connectivity index (χ1v) is 13.2. The number of benzene rings is 2. The van der Waals surface area contributed by atoms with Crippen molar-refractivity contribution in [2.24, 2.45) is 0 Å². The standard InChI is InChI=1S/C21H20N2O5.C8H15NO2.C2H6/c1-11(2)21(27)28-10-12(24)9-23-16-8-7-15(22)17-18(16)20(26)14-6-4-3-5-13(14)19(17)25;1-7(2)8(10)11-6-5-9(3)4;1-2/h3-8,12,23-24H,1,9-10,22H2,2H3;1,5-6H2,2-4H3;1-2H3. The van der Waals surface area contributed by atoms with Crippen molar-refractivity contribution in [2.75, 3.05) is 51.4 Å². The van der Waals surface area contributed by atoms with Crippen LogP contribution in [0.15, 0.2) is 60.7 Å². The fourth-order valence-electron chi connectivity index (χ4n) is 3.42. The van der Waals surface area contributed by atoms with Crippen molar-refractivity contribution in [1.82, 2.24) is 4.90 Å². The predicted octanol–water partition coefficient (Wildman–Crippen LogP) is 3.63. The lowest BCUT2D eigenvalue weighted by atomic mass is 9.82. The number of likely N-dealkylation sites (N-methyl/N-ethyl adjacent to an activating group) is 1. The molecule has 10 nitrogen and oxygen atoms in total. The molecule has 222 valence electrons. The number of aliphatic hydroxyl groups is 1. The van der Waals surface area contributed by atoms with Crippen LogP contribution in [0.1, 0.15) is 59.5 Å². The maximum atomic E-state index is 13.0. The van der Waals surface area contributed by atoms with Gasteiger partial charge in [0.2, 0.25) is 0 Å². The normalized spacial score (nSPS) is 11.9. The number of fused-ring (bicyclic) bond motifs is 2. The molecule has 3 rings (SSSR count). The summed E-state index contributed by atoms with van der Waals surface area (Å²) >= 11 is 0. The van der Waals surface area contributed by atoms with Crippen LogP contribution >= 0.6 is 0 Å². The summed E-state index contributed by atoms with van der Waals surface area (Å²) in [5, 5.41) is 13.0. The summed E-state index contributed by atoms with van der Waals surface area (Å²) in [6.45, 7) is 15.0. The van der Waals surface area contributed by atoms with Gasteiger partial charge in [-0.1, -0.05) is 51.3 Å². The zero-order chi connectivity index (χ0) is 31.3. The van der Waals surface area contributed by atoms with Crippen LogP contribution in [0, 0.1) is 0 Å². The molecule has 0 fully saturated rings. The number of nitrogens with two attached hydrogens (primary N) is 1. The summed E-state index contributed by atoms with van der Waals surface area (Å²) < 4.78 is 9.73. The van der Waals surface area contributed by atoms with Crippen LogP contribution in [0.5, 0.6) is 0 Å². The van der Waals surface area contributed by atoms with Crippen molar-refractivity contribution in [3.63, 3.8) is 0 Å². The fraction of sp³-hybridized carbons (Fsp3) is 0.355. The number of rotatable bonds is 10. The smallest absolute Gasteiger partial charge is 0.333 e. The number of esters is 2. The molecule has 1 aliphatic rings. The van der Waals surface area contributed by atoms with Crippen LogP contribution < -0.4 is 11.1 Å². The summed E-state index contributed by atoms with van der Waals surface area (Å²) in [7, 11) is 3.85. The third-order valence-electron chi connectivity index (χ3n) is 5.51. The quantitative estimate of drug-likeness (QED) is 0.188. The van der Waals surface area contributed by atoms with Crippen molar-refractivity contribution in [3.05, 3.63) is 83.0 Å². The molecule has 0 bridgehead atoms. The lowest BCUT2D eigenvalue weighted by Crippen LogP contribution is -2.28. The van der Waals surface area contributed by atoms with Crippen LogP contribution in [0.3, 0.4) is 0 Å². The Labute approximate surface area is 241 Å². The largest absolute Gasteiger partial charge is 0.461 e. The number of carbonyl (C=O) groups is 4. The minimum absolute atomic E-state index is 0.00292. The zero-order valence-electron chi connectivity index (χ0n) is 24.7. The second-order valence-corrected chi connectivity index (χ2v) is 9.29. The Bertz CT molecular complexity index is 1280. The van der Waals surface area contributed by atoms with Crippen LogP contribution in [0.4, 0.5) is 11.4 Å². The number of hydrogen-bond donors (Lipinski definition) is 3. The SMILES string of the molecule is C=C(C)C(=O)OCC(O)CNc1ccc(N)c2c1C(=O)c1ccccc1C2=O.C=C(C)C(=O)OCCN(C)C.CC.